The Morgan fingerprint density at radius 1 is 1.45 bits per heavy atom. The number of hydrogen-bond donors (Lipinski definition) is 2. The highest BCUT2D eigenvalue weighted by Gasteiger charge is 2.25. The van der Waals surface area contributed by atoms with Crippen LogP contribution in [0, 0.1) is 15.9 Å². The molecule has 0 aliphatic rings. The predicted molar refractivity (Wildman–Crippen MR) is 76.1 cm³/mol. The molecule has 1 atom stereocenters. The van der Waals surface area contributed by atoms with Gasteiger partial charge in [-0.2, -0.15) is 9.11 Å². The number of carbonyl (C=O) groups is 1. The van der Waals surface area contributed by atoms with Crippen molar-refractivity contribution in [2.45, 2.75) is 31.2 Å². The smallest absolute Gasteiger partial charge is 0.306 e. The highest BCUT2D eigenvalue weighted by Crippen LogP contribution is 2.21. The van der Waals surface area contributed by atoms with Crippen LogP contribution in [-0.4, -0.2) is 31.8 Å². The molecule has 8 nitrogen and oxygen atoms in total. The van der Waals surface area contributed by atoms with Crippen LogP contribution in [0.3, 0.4) is 0 Å². The summed E-state index contributed by atoms with van der Waals surface area (Å²) < 4.78 is 39.4. The van der Waals surface area contributed by atoms with Crippen molar-refractivity contribution in [2.75, 3.05) is 6.54 Å². The lowest BCUT2D eigenvalue weighted by atomic mass is 10.3. The molecule has 0 aliphatic heterocycles. The van der Waals surface area contributed by atoms with Gasteiger partial charge in [0.2, 0.25) is 21.7 Å². The van der Waals surface area contributed by atoms with E-state index in [2.05, 4.69) is 10.0 Å². The molecule has 0 radical (unpaired) electrons. The number of carbonyl (C=O) groups excluding carboxylic acids is 1. The molecule has 2 N–H and O–H groups in total. The molecular formula is C12H16FN3O5S. The lowest BCUT2D eigenvalue weighted by Crippen LogP contribution is -2.44. The van der Waals surface area contributed by atoms with E-state index in [9.17, 15) is 27.7 Å². The summed E-state index contributed by atoms with van der Waals surface area (Å²) in [5.74, 6) is -1.67. The number of halogens is 1. The maximum absolute atomic E-state index is 13.2. The zero-order valence-corrected chi connectivity index (χ0v) is 12.8. The van der Waals surface area contributed by atoms with Crippen LogP contribution in [0.2, 0.25) is 0 Å². The van der Waals surface area contributed by atoms with E-state index in [-0.39, 0.29) is 0 Å². The first-order valence-corrected chi connectivity index (χ1v) is 7.91. The quantitative estimate of drug-likeness (QED) is 0.568. The minimum atomic E-state index is -4.18. The Kier molecular flexibility index (Phi) is 5.94. The molecule has 0 saturated carbocycles. The molecule has 0 saturated heterocycles. The molecule has 0 spiro atoms. The standard InChI is InChI=1S/C12H16FN3O5S/c1-3-6-14-12(17)8(2)15-22(20,21)9-4-5-10(13)11(7-9)16(18)19/h4-5,7-8,15H,3,6H2,1-2H3,(H,14,17)/t8-/m0/s1. The number of nitro benzene ring substituents is 1. The number of sulfonamides is 1. The topological polar surface area (TPSA) is 118 Å². The van der Waals surface area contributed by atoms with Gasteiger partial charge in [0.05, 0.1) is 15.9 Å². The van der Waals surface area contributed by atoms with E-state index in [1.807, 2.05) is 6.92 Å². The molecule has 122 valence electrons. The highest BCUT2D eigenvalue weighted by molar-refractivity contribution is 7.89. The Bertz CT molecular complexity index is 677. The number of benzene rings is 1. The largest absolute Gasteiger partial charge is 0.355 e. The van der Waals surface area contributed by atoms with Crippen LogP contribution in [-0.2, 0) is 14.8 Å². The second-order valence-corrected chi connectivity index (χ2v) is 6.22. The fraction of sp³-hybridized carbons (Fsp3) is 0.417. The van der Waals surface area contributed by atoms with Gasteiger partial charge in [0.25, 0.3) is 0 Å². The van der Waals surface area contributed by atoms with Gasteiger partial charge >= 0.3 is 5.69 Å². The number of amides is 1. The molecule has 1 amide bonds. The summed E-state index contributed by atoms with van der Waals surface area (Å²) in [7, 11) is -4.18. The fourth-order valence-electron chi connectivity index (χ4n) is 1.56. The minimum Gasteiger partial charge on any atom is -0.355 e. The molecule has 1 rings (SSSR count). The summed E-state index contributed by atoms with van der Waals surface area (Å²) in [5.41, 5.74) is -0.953. The summed E-state index contributed by atoms with van der Waals surface area (Å²) in [4.78, 5) is 20.8. The van der Waals surface area contributed by atoms with Crippen LogP contribution in [0.25, 0.3) is 0 Å². The fourth-order valence-corrected chi connectivity index (χ4v) is 2.78. The van der Waals surface area contributed by atoms with Gasteiger partial charge in [0.1, 0.15) is 0 Å². The maximum Gasteiger partial charge on any atom is 0.306 e. The summed E-state index contributed by atoms with van der Waals surface area (Å²) in [6.07, 6.45) is 0.690. The molecule has 1 aromatic carbocycles. The second-order valence-electron chi connectivity index (χ2n) is 4.50. The molecule has 0 unspecified atom stereocenters. The van der Waals surface area contributed by atoms with Gasteiger partial charge in [0, 0.05) is 12.6 Å². The Labute approximate surface area is 126 Å². The average Bonchev–Trinajstić information content (AvgIpc) is 2.44. The van der Waals surface area contributed by atoms with Crippen molar-refractivity contribution < 1.29 is 22.5 Å². The lowest BCUT2D eigenvalue weighted by Gasteiger charge is -2.14. The Morgan fingerprint density at radius 3 is 2.64 bits per heavy atom. The van der Waals surface area contributed by atoms with Gasteiger partial charge in [-0.25, -0.2) is 8.42 Å². The zero-order valence-electron chi connectivity index (χ0n) is 12.0. The first kappa shape index (κ1) is 18.0. The van der Waals surface area contributed by atoms with Gasteiger partial charge < -0.3 is 5.32 Å². The Morgan fingerprint density at radius 2 is 2.09 bits per heavy atom. The van der Waals surface area contributed by atoms with Crippen molar-refractivity contribution in [1.82, 2.24) is 10.0 Å². The summed E-state index contributed by atoms with van der Waals surface area (Å²) in [6.45, 7) is 3.57. The summed E-state index contributed by atoms with van der Waals surface area (Å²) >= 11 is 0. The van der Waals surface area contributed by atoms with E-state index in [0.717, 1.165) is 6.07 Å². The summed E-state index contributed by atoms with van der Waals surface area (Å²) in [6, 6.07) is 1.12. The third kappa shape index (κ3) is 4.46. The number of rotatable bonds is 7. The number of hydrogen-bond acceptors (Lipinski definition) is 5. The zero-order chi connectivity index (χ0) is 16.9. The number of nitrogens with one attached hydrogen (secondary N) is 2. The first-order valence-electron chi connectivity index (χ1n) is 6.43. The molecule has 0 bridgehead atoms. The monoisotopic (exact) mass is 333 g/mol. The number of nitro groups is 1. The van der Waals surface area contributed by atoms with Gasteiger partial charge in [-0.15, -0.1) is 0 Å². The highest BCUT2D eigenvalue weighted by atomic mass is 32.2. The average molecular weight is 333 g/mol. The molecule has 22 heavy (non-hydrogen) atoms. The van der Waals surface area contributed by atoms with Crippen molar-refractivity contribution in [3.63, 3.8) is 0 Å². The van der Waals surface area contributed by atoms with Gasteiger partial charge in [0.15, 0.2) is 0 Å². The number of nitrogens with zero attached hydrogens (tertiary/aromatic N) is 1. The molecule has 0 fully saturated rings. The van der Waals surface area contributed by atoms with E-state index in [4.69, 9.17) is 0 Å². The third-order valence-electron chi connectivity index (χ3n) is 2.70. The van der Waals surface area contributed by atoms with Gasteiger partial charge in [-0.05, 0) is 25.5 Å². The maximum atomic E-state index is 13.2. The molecular weight excluding hydrogens is 317 g/mol. The van der Waals surface area contributed by atoms with E-state index < -0.39 is 43.3 Å². The molecule has 1 aromatic rings. The van der Waals surface area contributed by atoms with E-state index >= 15 is 0 Å². The molecule has 10 heteroatoms. The van der Waals surface area contributed by atoms with E-state index in [1.54, 1.807) is 0 Å². The van der Waals surface area contributed by atoms with Crippen molar-refractivity contribution >= 4 is 21.6 Å². The van der Waals surface area contributed by atoms with Crippen LogP contribution >= 0.6 is 0 Å². The molecule has 0 heterocycles. The summed E-state index contributed by atoms with van der Waals surface area (Å²) in [5, 5.41) is 13.1. The lowest BCUT2D eigenvalue weighted by molar-refractivity contribution is -0.387. The van der Waals surface area contributed by atoms with Crippen molar-refractivity contribution in [2.24, 2.45) is 0 Å². The van der Waals surface area contributed by atoms with Crippen molar-refractivity contribution in [1.29, 1.82) is 0 Å². The van der Waals surface area contributed by atoms with Gasteiger partial charge in [-0.1, -0.05) is 6.92 Å². The van der Waals surface area contributed by atoms with Crippen molar-refractivity contribution in [3.8, 4) is 0 Å². The van der Waals surface area contributed by atoms with Crippen LogP contribution in [0.15, 0.2) is 23.1 Å². The SMILES string of the molecule is CCCNC(=O)[C@H](C)NS(=O)(=O)c1ccc(F)c([N+](=O)[O-])c1. The first-order chi connectivity index (χ1) is 10.2. The van der Waals surface area contributed by atoms with Crippen LogP contribution in [0.4, 0.5) is 10.1 Å². The van der Waals surface area contributed by atoms with Crippen LogP contribution in [0.5, 0.6) is 0 Å². The Hall–Kier alpha value is -2.07. The van der Waals surface area contributed by atoms with E-state index in [1.165, 1.54) is 6.92 Å². The van der Waals surface area contributed by atoms with E-state index in [0.29, 0.717) is 25.1 Å². The molecule has 0 aliphatic carbocycles. The minimum absolute atomic E-state index is 0.396. The second kappa shape index (κ2) is 7.27. The van der Waals surface area contributed by atoms with Crippen molar-refractivity contribution in [3.05, 3.63) is 34.1 Å². The molecule has 0 aromatic heterocycles. The van der Waals surface area contributed by atoms with Gasteiger partial charge in [-0.3, -0.25) is 14.9 Å². The predicted octanol–water partition coefficient (Wildman–Crippen LogP) is 0.927. The van der Waals surface area contributed by atoms with Crippen LogP contribution in [0.1, 0.15) is 20.3 Å². The normalized spacial score (nSPS) is 12.7. The Balaban J connectivity index is 2.98. The third-order valence-corrected chi connectivity index (χ3v) is 4.24. The van der Waals surface area contributed by atoms with Crippen LogP contribution < -0.4 is 10.0 Å².